The topological polar surface area (TPSA) is 65.5 Å². The Morgan fingerprint density at radius 2 is 2.35 bits per heavy atom. The fraction of sp³-hybridized carbons (Fsp3) is 0.636. The second-order valence-corrected chi connectivity index (χ2v) is 3.82. The number of methoxy groups -OCH3 is 1. The van der Waals surface area contributed by atoms with E-state index in [0.29, 0.717) is 38.2 Å². The normalized spacial score (nSPS) is 20.0. The number of hydrogen-bond donors (Lipinski definition) is 1. The Hall–Kier alpha value is -1.40. The van der Waals surface area contributed by atoms with Gasteiger partial charge in [0.15, 0.2) is 0 Å². The van der Waals surface area contributed by atoms with Gasteiger partial charge in [-0.1, -0.05) is 0 Å². The Bertz CT molecular complexity index is 367. The summed E-state index contributed by atoms with van der Waals surface area (Å²) in [5.74, 6) is 1.11. The summed E-state index contributed by atoms with van der Waals surface area (Å²) >= 11 is 0. The molecule has 6 heteroatoms. The van der Waals surface area contributed by atoms with Crippen LogP contribution in [0.1, 0.15) is 5.69 Å². The molecule has 1 N–H and O–H groups in total. The second-order valence-electron chi connectivity index (χ2n) is 3.82. The van der Waals surface area contributed by atoms with Crippen LogP contribution in [0.3, 0.4) is 0 Å². The van der Waals surface area contributed by atoms with Crippen LogP contribution in [0.4, 0.5) is 5.95 Å². The quantitative estimate of drug-likeness (QED) is 0.831. The fourth-order valence-electron chi connectivity index (χ4n) is 1.58. The molecule has 1 atom stereocenters. The number of nitrogens with zero attached hydrogens (tertiary/aromatic N) is 2. The molecule has 17 heavy (non-hydrogen) atoms. The average Bonchev–Trinajstić information content (AvgIpc) is 2.37. The molecule has 1 aliphatic heterocycles. The summed E-state index contributed by atoms with van der Waals surface area (Å²) in [5.41, 5.74) is 0.861. The van der Waals surface area contributed by atoms with E-state index in [4.69, 9.17) is 14.2 Å². The van der Waals surface area contributed by atoms with Crippen LogP contribution in [0.25, 0.3) is 0 Å². The van der Waals surface area contributed by atoms with Crippen LogP contribution in [0, 0.1) is 6.92 Å². The largest absolute Gasteiger partial charge is 0.481 e. The van der Waals surface area contributed by atoms with E-state index in [-0.39, 0.29) is 6.10 Å². The maximum absolute atomic E-state index is 5.51. The first kappa shape index (κ1) is 12.1. The van der Waals surface area contributed by atoms with Gasteiger partial charge in [-0.25, -0.2) is 4.98 Å². The zero-order chi connectivity index (χ0) is 12.1. The van der Waals surface area contributed by atoms with Gasteiger partial charge in [0.1, 0.15) is 0 Å². The number of hydrogen-bond acceptors (Lipinski definition) is 6. The number of anilines is 1. The minimum atomic E-state index is 0.0545. The molecule has 1 fully saturated rings. The summed E-state index contributed by atoms with van der Waals surface area (Å²) in [7, 11) is 1.59. The predicted octanol–water partition coefficient (Wildman–Crippen LogP) is 0.621. The van der Waals surface area contributed by atoms with E-state index in [9.17, 15) is 0 Å². The molecule has 1 aromatic rings. The molecule has 1 unspecified atom stereocenters. The average molecular weight is 239 g/mol. The monoisotopic (exact) mass is 239 g/mol. The smallest absolute Gasteiger partial charge is 0.226 e. The van der Waals surface area contributed by atoms with E-state index in [2.05, 4.69) is 15.3 Å². The highest BCUT2D eigenvalue weighted by atomic mass is 16.6. The van der Waals surface area contributed by atoms with Crippen molar-refractivity contribution in [1.29, 1.82) is 0 Å². The summed E-state index contributed by atoms with van der Waals surface area (Å²) in [6.07, 6.45) is 0.0545. The van der Waals surface area contributed by atoms with Gasteiger partial charge < -0.3 is 19.5 Å². The van der Waals surface area contributed by atoms with Crippen molar-refractivity contribution in [3.63, 3.8) is 0 Å². The Balaban J connectivity index is 1.91. The number of rotatable bonds is 4. The number of aromatic nitrogens is 2. The molecule has 0 amide bonds. The van der Waals surface area contributed by atoms with E-state index in [0.717, 1.165) is 5.69 Å². The third-order valence-electron chi connectivity index (χ3n) is 2.41. The third kappa shape index (κ3) is 3.54. The van der Waals surface area contributed by atoms with Crippen LogP contribution in [0.2, 0.25) is 0 Å². The van der Waals surface area contributed by atoms with Crippen molar-refractivity contribution in [2.45, 2.75) is 13.0 Å². The minimum Gasteiger partial charge on any atom is -0.481 e. The lowest BCUT2D eigenvalue weighted by atomic mass is 10.3. The summed E-state index contributed by atoms with van der Waals surface area (Å²) < 4.78 is 15.9. The molecule has 0 saturated carbocycles. The Kier molecular flexibility index (Phi) is 4.11. The maximum atomic E-state index is 5.51. The molecule has 2 heterocycles. The van der Waals surface area contributed by atoms with Crippen molar-refractivity contribution in [3.05, 3.63) is 11.8 Å². The SMILES string of the molecule is COc1cc(C)nc(NCC2COCCO2)n1. The van der Waals surface area contributed by atoms with Crippen molar-refractivity contribution in [2.24, 2.45) is 0 Å². The van der Waals surface area contributed by atoms with Crippen LogP contribution >= 0.6 is 0 Å². The van der Waals surface area contributed by atoms with Crippen LogP contribution in [0.5, 0.6) is 5.88 Å². The van der Waals surface area contributed by atoms with Gasteiger partial charge in [-0.3, -0.25) is 0 Å². The lowest BCUT2D eigenvalue weighted by molar-refractivity contribution is -0.0819. The highest BCUT2D eigenvalue weighted by Crippen LogP contribution is 2.11. The molecule has 0 radical (unpaired) electrons. The molecule has 0 bridgehead atoms. The van der Waals surface area contributed by atoms with Crippen LogP contribution in [-0.4, -0.2) is 49.5 Å². The summed E-state index contributed by atoms with van der Waals surface area (Å²) in [6.45, 7) is 4.45. The highest BCUT2D eigenvalue weighted by molar-refractivity contribution is 5.30. The standard InChI is InChI=1S/C11H17N3O3/c1-8-5-10(15-2)14-11(13-8)12-6-9-7-16-3-4-17-9/h5,9H,3-4,6-7H2,1-2H3,(H,12,13,14). The van der Waals surface area contributed by atoms with Gasteiger partial charge in [-0.2, -0.15) is 4.98 Å². The molecule has 6 nitrogen and oxygen atoms in total. The molecule has 94 valence electrons. The number of aryl methyl sites for hydroxylation is 1. The molecule has 0 aromatic carbocycles. The second kappa shape index (κ2) is 5.79. The summed E-state index contributed by atoms with van der Waals surface area (Å²) in [5, 5.41) is 3.12. The van der Waals surface area contributed by atoms with E-state index >= 15 is 0 Å². The van der Waals surface area contributed by atoms with Gasteiger partial charge in [-0.15, -0.1) is 0 Å². The van der Waals surface area contributed by atoms with Crippen molar-refractivity contribution in [1.82, 2.24) is 9.97 Å². The van der Waals surface area contributed by atoms with Gasteiger partial charge in [0.2, 0.25) is 11.8 Å². The molecule has 2 rings (SSSR count). The zero-order valence-electron chi connectivity index (χ0n) is 10.1. The van der Waals surface area contributed by atoms with E-state index in [1.54, 1.807) is 13.2 Å². The van der Waals surface area contributed by atoms with E-state index < -0.39 is 0 Å². The Morgan fingerprint density at radius 3 is 3.06 bits per heavy atom. The highest BCUT2D eigenvalue weighted by Gasteiger charge is 2.14. The number of ether oxygens (including phenoxy) is 3. The molecular formula is C11H17N3O3. The van der Waals surface area contributed by atoms with Gasteiger partial charge in [0.25, 0.3) is 0 Å². The van der Waals surface area contributed by atoms with Crippen LogP contribution < -0.4 is 10.1 Å². The lowest BCUT2D eigenvalue weighted by Crippen LogP contribution is -2.34. The van der Waals surface area contributed by atoms with Gasteiger partial charge >= 0.3 is 0 Å². The predicted molar refractivity (Wildman–Crippen MR) is 62.4 cm³/mol. The van der Waals surface area contributed by atoms with E-state index in [1.807, 2.05) is 6.92 Å². The Morgan fingerprint density at radius 1 is 1.47 bits per heavy atom. The van der Waals surface area contributed by atoms with Gasteiger partial charge in [-0.05, 0) is 6.92 Å². The molecule has 1 aromatic heterocycles. The first-order chi connectivity index (χ1) is 8.28. The van der Waals surface area contributed by atoms with Crippen molar-refractivity contribution in [3.8, 4) is 5.88 Å². The molecule has 1 aliphatic rings. The van der Waals surface area contributed by atoms with Gasteiger partial charge in [0.05, 0.1) is 33.0 Å². The van der Waals surface area contributed by atoms with Crippen molar-refractivity contribution < 1.29 is 14.2 Å². The Labute approximate surface area is 100 Å². The fourth-order valence-corrected chi connectivity index (χ4v) is 1.58. The number of nitrogens with one attached hydrogen (secondary N) is 1. The molecular weight excluding hydrogens is 222 g/mol. The maximum Gasteiger partial charge on any atom is 0.226 e. The van der Waals surface area contributed by atoms with E-state index in [1.165, 1.54) is 0 Å². The van der Waals surface area contributed by atoms with Crippen LogP contribution in [0.15, 0.2) is 6.07 Å². The molecule has 1 saturated heterocycles. The zero-order valence-corrected chi connectivity index (χ0v) is 10.1. The first-order valence-electron chi connectivity index (χ1n) is 5.61. The van der Waals surface area contributed by atoms with Crippen molar-refractivity contribution in [2.75, 3.05) is 38.8 Å². The minimum absolute atomic E-state index is 0.0545. The lowest BCUT2D eigenvalue weighted by Gasteiger charge is -2.23. The molecule has 0 aliphatic carbocycles. The van der Waals surface area contributed by atoms with Gasteiger partial charge in [0, 0.05) is 18.3 Å². The first-order valence-corrected chi connectivity index (χ1v) is 5.61. The van der Waals surface area contributed by atoms with Crippen molar-refractivity contribution >= 4 is 5.95 Å². The third-order valence-corrected chi connectivity index (χ3v) is 2.41. The van der Waals surface area contributed by atoms with Crippen LogP contribution in [-0.2, 0) is 9.47 Å². The summed E-state index contributed by atoms with van der Waals surface area (Å²) in [6, 6.07) is 1.78. The molecule has 0 spiro atoms. The summed E-state index contributed by atoms with van der Waals surface area (Å²) in [4.78, 5) is 8.46.